The van der Waals surface area contributed by atoms with Gasteiger partial charge in [0.15, 0.2) is 5.78 Å². The largest absolute Gasteiger partial charge is 0.444 e. The molecule has 0 fully saturated rings. The Kier molecular flexibility index (Phi) is 11.2. The summed E-state index contributed by atoms with van der Waals surface area (Å²) < 4.78 is 35.6. The van der Waals surface area contributed by atoms with E-state index in [0.29, 0.717) is 0 Å². The van der Waals surface area contributed by atoms with Gasteiger partial charge in [-0.3, -0.25) is 14.4 Å². The van der Waals surface area contributed by atoms with Crippen LogP contribution in [-0.2, 0) is 25.7 Å². The van der Waals surface area contributed by atoms with E-state index in [9.17, 15) is 19.2 Å². The first kappa shape index (κ1) is 31.2. The average molecular weight is 512 g/mol. The summed E-state index contributed by atoms with van der Waals surface area (Å²) in [4.78, 5) is 50.8. The monoisotopic (exact) mass is 511 g/mol. The molecule has 0 aromatic heterocycles. The van der Waals surface area contributed by atoms with Crippen LogP contribution in [0.5, 0.6) is 0 Å². The summed E-state index contributed by atoms with van der Waals surface area (Å²) in [6, 6.07) is 4.65. The molecular weight excluding hydrogens is 472 g/mol. The third-order valence-electron chi connectivity index (χ3n) is 5.31. The van der Waals surface area contributed by atoms with Crippen molar-refractivity contribution in [3.63, 3.8) is 0 Å². The predicted molar refractivity (Wildman–Crippen MR) is 132 cm³/mol. The van der Waals surface area contributed by atoms with Crippen LogP contribution in [0.15, 0.2) is 30.3 Å². The van der Waals surface area contributed by atoms with Crippen molar-refractivity contribution in [1.29, 1.82) is 0 Å². The van der Waals surface area contributed by atoms with Crippen molar-refractivity contribution in [3.05, 3.63) is 35.9 Å². The third kappa shape index (κ3) is 9.29. The first-order valence-corrected chi connectivity index (χ1v) is 12.0. The zero-order valence-electron chi connectivity index (χ0n) is 22.1. The molecular formula is C26H39F2N3O5. The highest BCUT2D eigenvalue weighted by Gasteiger charge is 2.54. The number of rotatable bonds is 12. The number of alkyl carbamates (subject to hydrolysis) is 1. The van der Waals surface area contributed by atoms with Gasteiger partial charge in [0.05, 0.1) is 6.04 Å². The molecule has 0 saturated carbocycles. The average Bonchev–Trinajstić information content (AvgIpc) is 2.75. The van der Waals surface area contributed by atoms with E-state index in [1.165, 1.54) is 13.8 Å². The van der Waals surface area contributed by atoms with Crippen LogP contribution in [-0.4, -0.2) is 47.2 Å². The molecule has 0 saturated heterocycles. The second-order valence-electron chi connectivity index (χ2n) is 10.6. The van der Waals surface area contributed by atoms with E-state index >= 15 is 8.78 Å². The highest BCUT2D eigenvalue weighted by atomic mass is 19.3. The molecule has 4 N–H and O–H groups in total. The van der Waals surface area contributed by atoms with E-state index in [-0.39, 0.29) is 18.9 Å². The Labute approximate surface area is 211 Å². The van der Waals surface area contributed by atoms with Gasteiger partial charge in [-0.2, -0.15) is 8.78 Å². The smallest absolute Gasteiger partial charge is 0.408 e. The molecule has 0 spiro atoms. The van der Waals surface area contributed by atoms with E-state index in [4.69, 9.17) is 10.5 Å². The number of ketones is 2. The van der Waals surface area contributed by atoms with Crippen molar-refractivity contribution in [2.45, 2.75) is 85.0 Å². The summed E-state index contributed by atoms with van der Waals surface area (Å²) in [6.07, 6.45) is -1.17. The van der Waals surface area contributed by atoms with Crippen LogP contribution in [0.3, 0.4) is 0 Å². The highest BCUT2D eigenvalue weighted by Crippen LogP contribution is 2.27. The van der Waals surface area contributed by atoms with Crippen molar-refractivity contribution in [3.8, 4) is 0 Å². The van der Waals surface area contributed by atoms with E-state index in [0.717, 1.165) is 5.56 Å². The number of Topliss-reactive ketones (excluding diaryl/α,β-unsaturated/α-hetero) is 2. The van der Waals surface area contributed by atoms with Crippen LogP contribution >= 0.6 is 0 Å². The maximum Gasteiger partial charge on any atom is 0.408 e. The van der Waals surface area contributed by atoms with Crippen molar-refractivity contribution < 1.29 is 32.7 Å². The molecule has 0 aliphatic carbocycles. The molecule has 0 radical (unpaired) electrons. The van der Waals surface area contributed by atoms with Gasteiger partial charge in [-0.25, -0.2) is 4.79 Å². The lowest BCUT2D eigenvalue weighted by Gasteiger charge is -2.30. The van der Waals surface area contributed by atoms with Gasteiger partial charge in [0.2, 0.25) is 11.7 Å². The number of hydrogen-bond acceptors (Lipinski definition) is 6. The maximum atomic E-state index is 15.3. The summed E-state index contributed by atoms with van der Waals surface area (Å²) in [5.41, 5.74) is 5.48. The number of carbonyl (C=O) groups is 4. The lowest BCUT2D eigenvalue weighted by molar-refractivity contribution is -0.156. The van der Waals surface area contributed by atoms with Crippen LogP contribution in [0.2, 0.25) is 0 Å². The molecule has 0 aliphatic rings. The van der Waals surface area contributed by atoms with Crippen LogP contribution in [0, 0.1) is 17.8 Å². The molecule has 0 heterocycles. The molecule has 1 aromatic carbocycles. The first-order chi connectivity index (χ1) is 16.5. The molecule has 3 unspecified atom stereocenters. The minimum Gasteiger partial charge on any atom is -0.444 e. The van der Waals surface area contributed by atoms with E-state index in [2.05, 4.69) is 10.6 Å². The summed E-state index contributed by atoms with van der Waals surface area (Å²) in [5, 5.41) is 4.76. The van der Waals surface area contributed by atoms with Gasteiger partial charge in [-0.1, -0.05) is 58.0 Å². The van der Waals surface area contributed by atoms with Crippen LogP contribution in [0.4, 0.5) is 13.6 Å². The Morgan fingerprint density at radius 2 is 1.56 bits per heavy atom. The summed E-state index contributed by atoms with van der Waals surface area (Å²) in [5.74, 6) is -10.5. The second-order valence-corrected chi connectivity index (χ2v) is 10.6. The highest BCUT2D eigenvalue weighted by molar-refractivity contribution is 6.07. The second kappa shape index (κ2) is 12.9. The molecule has 1 rings (SSSR count). The lowest BCUT2D eigenvalue weighted by Crippen LogP contribution is -2.60. The summed E-state index contributed by atoms with van der Waals surface area (Å²) in [7, 11) is 0. The summed E-state index contributed by atoms with van der Waals surface area (Å²) in [6.45, 7) is 11.3. The van der Waals surface area contributed by atoms with Gasteiger partial charge < -0.3 is 21.1 Å². The quantitative estimate of drug-likeness (QED) is 0.368. The Balaban J connectivity index is 3.08. The fourth-order valence-electron chi connectivity index (χ4n) is 3.57. The maximum absolute atomic E-state index is 15.3. The topological polar surface area (TPSA) is 128 Å². The van der Waals surface area contributed by atoms with Crippen molar-refractivity contribution in [2.75, 3.05) is 0 Å². The molecule has 1 aromatic rings. The van der Waals surface area contributed by atoms with Gasteiger partial charge in [0.25, 0.3) is 0 Å². The van der Waals surface area contributed by atoms with E-state index in [1.807, 2.05) is 0 Å². The number of halogens is 2. The number of carbonyl (C=O) groups excluding carboxylic acids is 4. The van der Waals surface area contributed by atoms with Crippen LogP contribution < -0.4 is 16.4 Å². The summed E-state index contributed by atoms with van der Waals surface area (Å²) >= 11 is 0. The standard InChI is InChI=1S/C26H39F2N3O5/c1-15(2)13-18(31-24(35)36-25(5,6)7)22(33)26(27,28)21(29)20(32)19(16(3)4)23(34)30-14-17-11-9-8-10-12-17/h8-12,15-16,18-19,21H,13-14,29H2,1-7H3,(H,30,34)(H,31,35). The third-order valence-corrected chi connectivity index (χ3v) is 5.31. The minimum atomic E-state index is -4.33. The van der Waals surface area contributed by atoms with E-state index < -0.39 is 59.0 Å². The SMILES string of the molecule is CC(C)CC(NC(=O)OC(C)(C)C)C(=O)C(F)(F)C(N)C(=O)C(C(=O)NCc1ccccc1)C(C)C. The Bertz CT molecular complexity index is 914. The van der Waals surface area contributed by atoms with Crippen molar-refractivity contribution >= 4 is 23.6 Å². The molecule has 0 bridgehead atoms. The van der Waals surface area contributed by atoms with Gasteiger partial charge >= 0.3 is 12.0 Å². The van der Waals surface area contributed by atoms with Gasteiger partial charge in [-0.05, 0) is 44.6 Å². The number of ether oxygens (including phenoxy) is 1. The molecule has 2 amide bonds. The number of benzene rings is 1. The van der Waals surface area contributed by atoms with Crippen molar-refractivity contribution in [2.24, 2.45) is 23.5 Å². The predicted octanol–water partition coefficient (Wildman–Crippen LogP) is 3.62. The van der Waals surface area contributed by atoms with Gasteiger partial charge in [0, 0.05) is 6.54 Å². The number of nitrogens with one attached hydrogen (secondary N) is 2. The van der Waals surface area contributed by atoms with Crippen molar-refractivity contribution in [1.82, 2.24) is 10.6 Å². The van der Waals surface area contributed by atoms with Crippen LogP contribution in [0.25, 0.3) is 0 Å². The number of nitrogens with two attached hydrogens (primary N) is 1. The van der Waals surface area contributed by atoms with Gasteiger partial charge in [-0.15, -0.1) is 0 Å². The number of alkyl halides is 2. The molecule has 202 valence electrons. The zero-order chi connectivity index (χ0) is 27.8. The number of hydrogen-bond donors (Lipinski definition) is 3. The Hall–Kier alpha value is -2.88. The first-order valence-electron chi connectivity index (χ1n) is 12.0. The van der Waals surface area contributed by atoms with Crippen LogP contribution in [0.1, 0.15) is 60.5 Å². The molecule has 10 heteroatoms. The number of amides is 2. The molecule has 3 atom stereocenters. The molecule has 0 aliphatic heterocycles. The minimum absolute atomic E-state index is 0.0943. The lowest BCUT2D eigenvalue weighted by atomic mass is 9.83. The molecule has 36 heavy (non-hydrogen) atoms. The molecule has 8 nitrogen and oxygen atoms in total. The fourth-order valence-corrected chi connectivity index (χ4v) is 3.57. The zero-order valence-corrected chi connectivity index (χ0v) is 22.1. The van der Waals surface area contributed by atoms with E-state index in [1.54, 1.807) is 65.0 Å². The Morgan fingerprint density at radius 3 is 2.03 bits per heavy atom. The van der Waals surface area contributed by atoms with Gasteiger partial charge in [0.1, 0.15) is 17.6 Å². The normalized spacial score (nSPS) is 14.7. The Morgan fingerprint density at radius 1 is 1.00 bits per heavy atom. The fraction of sp³-hybridized carbons (Fsp3) is 0.615.